The standard InChI is InChI=1S/C6H7NO3/c1-7-5-4(8)2-3-10-6(5)9/h2-3,7-8H,1H3. The van der Waals surface area contributed by atoms with Gasteiger partial charge in [0, 0.05) is 13.1 Å². The minimum Gasteiger partial charge on any atom is -0.505 e. The fourth-order valence-electron chi connectivity index (χ4n) is 0.637. The molecular formula is C6H7NO3. The summed E-state index contributed by atoms with van der Waals surface area (Å²) in [4.78, 5) is 10.7. The second kappa shape index (κ2) is 2.43. The molecule has 0 spiro atoms. The Balaban J connectivity index is 3.31. The van der Waals surface area contributed by atoms with Gasteiger partial charge in [-0.2, -0.15) is 0 Å². The van der Waals surface area contributed by atoms with Crippen molar-refractivity contribution < 1.29 is 9.52 Å². The Hall–Kier alpha value is -1.45. The molecule has 0 bridgehead atoms. The Bertz CT molecular complexity index is 279. The predicted octanol–water partition coefficient (Wildman–Crippen LogP) is 0.387. The Labute approximate surface area is 57.1 Å². The lowest BCUT2D eigenvalue weighted by Gasteiger charge is -1.97. The van der Waals surface area contributed by atoms with Gasteiger partial charge in [-0.15, -0.1) is 0 Å². The van der Waals surface area contributed by atoms with Crippen LogP contribution in [0.3, 0.4) is 0 Å². The summed E-state index contributed by atoms with van der Waals surface area (Å²) in [6, 6.07) is 1.30. The van der Waals surface area contributed by atoms with Crippen molar-refractivity contribution in [3.05, 3.63) is 22.7 Å². The third kappa shape index (κ3) is 0.953. The predicted molar refractivity (Wildman–Crippen MR) is 36.2 cm³/mol. The molecule has 2 N–H and O–H groups in total. The normalized spacial score (nSPS) is 9.30. The molecule has 4 heteroatoms. The summed E-state index contributed by atoms with van der Waals surface area (Å²) >= 11 is 0. The Morgan fingerprint density at radius 3 is 2.80 bits per heavy atom. The second-order valence-corrected chi connectivity index (χ2v) is 1.72. The Kier molecular flexibility index (Phi) is 1.62. The molecule has 0 aliphatic carbocycles. The van der Waals surface area contributed by atoms with Crippen molar-refractivity contribution in [2.24, 2.45) is 0 Å². The summed E-state index contributed by atoms with van der Waals surface area (Å²) in [5.74, 6) is -0.0984. The molecule has 10 heavy (non-hydrogen) atoms. The number of anilines is 1. The zero-order chi connectivity index (χ0) is 7.56. The minimum absolute atomic E-state index is 0.0856. The van der Waals surface area contributed by atoms with Crippen molar-refractivity contribution in [3.63, 3.8) is 0 Å². The lowest BCUT2D eigenvalue weighted by atomic mass is 10.4. The molecule has 0 atom stereocenters. The summed E-state index contributed by atoms with van der Waals surface area (Å²) < 4.78 is 4.45. The van der Waals surface area contributed by atoms with Crippen molar-refractivity contribution in [3.8, 4) is 5.75 Å². The van der Waals surface area contributed by atoms with E-state index in [1.54, 1.807) is 0 Å². The van der Waals surface area contributed by atoms with Crippen LogP contribution >= 0.6 is 0 Å². The van der Waals surface area contributed by atoms with E-state index in [9.17, 15) is 4.79 Å². The van der Waals surface area contributed by atoms with E-state index in [2.05, 4.69) is 9.73 Å². The van der Waals surface area contributed by atoms with Gasteiger partial charge in [-0.05, 0) is 0 Å². The van der Waals surface area contributed by atoms with Gasteiger partial charge in [0.25, 0.3) is 0 Å². The van der Waals surface area contributed by atoms with Gasteiger partial charge < -0.3 is 14.8 Å². The molecule has 0 saturated heterocycles. The first-order valence-electron chi connectivity index (χ1n) is 2.74. The van der Waals surface area contributed by atoms with Crippen LogP contribution in [0.2, 0.25) is 0 Å². The smallest absolute Gasteiger partial charge is 0.363 e. The van der Waals surface area contributed by atoms with Gasteiger partial charge in [0.1, 0.15) is 5.75 Å². The second-order valence-electron chi connectivity index (χ2n) is 1.72. The summed E-state index contributed by atoms with van der Waals surface area (Å²) in [7, 11) is 1.53. The zero-order valence-corrected chi connectivity index (χ0v) is 5.42. The molecule has 1 aromatic heterocycles. The number of rotatable bonds is 1. The summed E-state index contributed by atoms with van der Waals surface area (Å²) in [6.07, 6.45) is 1.14. The lowest BCUT2D eigenvalue weighted by Crippen LogP contribution is -2.05. The summed E-state index contributed by atoms with van der Waals surface area (Å²) in [5.41, 5.74) is -0.481. The molecule has 0 aliphatic heterocycles. The highest BCUT2D eigenvalue weighted by Crippen LogP contribution is 2.15. The van der Waals surface area contributed by atoms with Crippen molar-refractivity contribution in [2.75, 3.05) is 12.4 Å². The number of aromatic hydroxyl groups is 1. The summed E-state index contributed by atoms with van der Waals surface area (Å²) in [6.45, 7) is 0. The third-order valence-corrected chi connectivity index (χ3v) is 1.11. The van der Waals surface area contributed by atoms with Gasteiger partial charge in [0.05, 0.1) is 6.26 Å². The van der Waals surface area contributed by atoms with Crippen molar-refractivity contribution in [1.29, 1.82) is 0 Å². The van der Waals surface area contributed by atoms with Gasteiger partial charge in [0.15, 0.2) is 5.69 Å². The molecule has 0 aliphatic rings. The van der Waals surface area contributed by atoms with E-state index in [1.165, 1.54) is 13.1 Å². The van der Waals surface area contributed by atoms with Crippen molar-refractivity contribution >= 4 is 5.69 Å². The molecule has 1 aromatic rings. The van der Waals surface area contributed by atoms with E-state index in [0.717, 1.165) is 6.26 Å². The molecule has 1 heterocycles. The quantitative estimate of drug-likeness (QED) is 0.593. The molecule has 0 saturated carbocycles. The largest absolute Gasteiger partial charge is 0.505 e. The van der Waals surface area contributed by atoms with Crippen LogP contribution in [0.1, 0.15) is 0 Å². The van der Waals surface area contributed by atoms with Crippen LogP contribution in [0.15, 0.2) is 21.5 Å². The van der Waals surface area contributed by atoms with Crippen LogP contribution in [0.5, 0.6) is 5.75 Å². The number of hydrogen-bond acceptors (Lipinski definition) is 4. The van der Waals surface area contributed by atoms with E-state index in [-0.39, 0.29) is 11.4 Å². The molecule has 54 valence electrons. The van der Waals surface area contributed by atoms with Crippen LogP contribution < -0.4 is 10.9 Å². The highest BCUT2D eigenvalue weighted by molar-refractivity contribution is 5.51. The van der Waals surface area contributed by atoms with E-state index in [4.69, 9.17) is 5.11 Å². The highest BCUT2D eigenvalue weighted by Gasteiger charge is 2.02. The van der Waals surface area contributed by atoms with Crippen LogP contribution in [0, 0.1) is 0 Å². The maximum absolute atomic E-state index is 10.7. The average Bonchev–Trinajstić information content (AvgIpc) is 1.88. The lowest BCUT2D eigenvalue weighted by molar-refractivity contribution is 0.451. The molecule has 0 aromatic carbocycles. The molecule has 0 amide bonds. The van der Waals surface area contributed by atoms with Gasteiger partial charge in [-0.3, -0.25) is 0 Å². The first-order chi connectivity index (χ1) is 4.75. The van der Waals surface area contributed by atoms with Crippen LogP contribution in [-0.2, 0) is 0 Å². The molecule has 1 rings (SSSR count). The molecule has 4 nitrogen and oxygen atoms in total. The van der Waals surface area contributed by atoms with E-state index in [1.807, 2.05) is 0 Å². The number of hydrogen-bond donors (Lipinski definition) is 2. The highest BCUT2D eigenvalue weighted by atomic mass is 16.4. The van der Waals surface area contributed by atoms with Crippen LogP contribution in [0.4, 0.5) is 5.69 Å². The average molecular weight is 141 g/mol. The maximum Gasteiger partial charge on any atom is 0.363 e. The topological polar surface area (TPSA) is 62.5 Å². The van der Waals surface area contributed by atoms with E-state index < -0.39 is 5.63 Å². The SMILES string of the molecule is CNc1c(O)ccoc1=O. The van der Waals surface area contributed by atoms with E-state index in [0.29, 0.717) is 0 Å². The van der Waals surface area contributed by atoms with Crippen LogP contribution in [-0.4, -0.2) is 12.2 Å². The molecule has 0 unspecified atom stereocenters. The van der Waals surface area contributed by atoms with E-state index >= 15 is 0 Å². The molecular weight excluding hydrogens is 134 g/mol. The van der Waals surface area contributed by atoms with Gasteiger partial charge in [0.2, 0.25) is 0 Å². The van der Waals surface area contributed by atoms with Gasteiger partial charge >= 0.3 is 5.63 Å². The van der Waals surface area contributed by atoms with Crippen LogP contribution in [0.25, 0.3) is 0 Å². The number of nitrogens with one attached hydrogen (secondary N) is 1. The Morgan fingerprint density at radius 2 is 2.40 bits per heavy atom. The fourth-order valence-corrected chi connectivity index (χ4v) is 0.637. The first kappa shape index (κ1) is 6.67. The monoisotopic (exact) mass is 141 g/mol. The van der Waals surface area contributed by atoms with Gasteiger partial charge in [-0.25, -0.2) is 4.79 Å². The summed E-state index contributed by atoms with van der Waals surface area (Å²) in [5, 5.41) is 11.5. The van der Waals surface area contributed by atoms with Crippen molar-refractivity contribution in [2.45, 2.75) is 0 Å². The minimum atomic E-state index is -0.567. The third-order valence-electron chi connectivity index (χ3n) is 1.11. The fraction of sp³-hybridized carbons (Fsp3) is 0.167. The maximum atomic E-state index is 10.7. The van der Waals surface area contributed by atoms with Crippen molar-refractivity contribution in [1.82, 2.24) is 0 Å². The Morgan fingerprint density at radius 1 is 1.70 bits per heavy atom. The molecule has 0 radical (unpaired) electrons. The zero-order valence-electron chi connectivity index (χ0n) is 5.42. The molecule has 0 fully saturated rings. The first-order valence-corrected chi connectivity index (χ1v) is 2.74. The van der Waals surface area contributed by atoms with Gasteiger partial charge in [-0.1, -0.05) is 0 Å².